The second-order valence-corrected chi connectivity index (χ2v) is 2.77. The van der Waals surface area contributed by atoms with Gasteiger partial charge in [0, 0.05) is 5.33 Å². The van der Waals surface area contributed by atoms with E-state index in [1.165, 1.54) is 0 Å². The molecule has 0 spiro atoms. The standard InChI is InChI=1S/C4H5BrCl2/c5-3-1-2-4(6)7/h2H,1,3H2. The number of hydrogen-bond acceptors (Lipinski definition) is 0. The lowest BCUT2D eigenvalue weighted by Crippen LogP contribution is -1.63. The zero-order chi connectivity index (χ0) is 5.70. The van der Waals surface area contributed by atoms with Gasteiger partial charge in [-0.05, 0) is 6.42 Å². The molecular weight excluding hydrogens is 199 g/mol. The van der Waals surface area contributed by atoms with Crippen LogP contribution in [0, 0.1) is 0 Å². The molecule has 0 nitrogen and oxygen atoms in total. The van der Waals surface area contributed by atoms with Crippen LogP contribution in [0.3, 0.4) is 0 Å². The summed E-state index contributed by atoms with van der Waals surface area (Å²) >= 11 is 13.7. The molecule has 0 amide bonds. The molecule has 0 unspecified atom stereocenters. The van der Waals surface area contributed by atoms with Crippen molar-refractivity contribution in [1.82, 2.24) is 0 Å². The smallest absolute Gasteiger partial charge is 0.0925 e. The molecule has 0 radical (unpaired) electrons. The van der Waals surface area contributed by atoms with E-state index in [1.54, 1.807) is 6.08 Å². The molecule has 0 heterocycles. The number of halogens is 3. The first-order valence-corrected chi connectivity index (χ1v) is 3.72. The highest BCUT2D eigenvalue weighted by atomic mass is 79.9. The Balaban J connectivity index is 3.08. The lowest BCUT2D eigenvalue weighted by molar-refractivity contribution is 1.26. The van der Waals surface area contributed by atoms with E-state index in [0.717, 1.165) is 11.8 Å². The first kappa shape index (κ1) is 7.80. The quantitative estimate of drug-likeness (QED) is 0.606. The molecule has 0 saturated carbocycles. The Morgan fingerprint density at radius 1 is 1.57 bits per heavy atom. The fraction of sp³-hybridized carbons (Fsp3) is 0.500. The maximum Gasteiger partial charge on any atom is 0.102 e. The van der Waals surface area contributed by atoms with E-state index >= 15 is 0 Å². The average Bonchev–Trinajstić information content (AvgIpc) is 1.61. The van der Waals surface area contributed by atoms with E-state index in [4.69, 9.17) is 23.2 Å². The average molecular weight is 204 g/mol. The van der Waals surface area contributed by atoms with Crippen molar-refractivity contribution in [2.24, 2.45) is 0 Å². The first-order chi connectivity index (χ1) is 3.27. The van der Waals surface area contributed by atoms with Gasteiger partial charge < -0.3 is 0 Å². The van der Waals surface area contributed by atoms with Crippen molar-refractivity contribution in [1.29, 1.82) is 0 Å². The molecule has 7 heavy (non-hydrogen) atoms. The third-order valence-electron chi connectivity index (χ3n) is 0.408. The Bertz CT molecular complexity index is 66.1. The molecule has 0 aliphatic rings. The number of allylic oxidation sites excluding steroid dienone is 1. The Hall–Kier alpha value is 0.800. The van der Waals surface area contributed by atoms with Gasteiger partial charge in [0.15, 0.2) is 0 Å². The van der Waals surface area contributed by atoms with Gasteiger partial charge in [0.05, 0.1) is 0 Å². The highest BCUT2D eigenvalue weighted by Gasteiger charge is 1.79. The maximum atomic E-state index is 5.26. The normalized spacial score (nSPS) is 8.43. The predicted octanol–water partition coefficient (Wildman–Crippen LogP) is 3.09. The van der Waals surface area contributed by atoms with E-state index in [0.29, 0.717) is 4.49 Å². The summed E-state index contributed by atoms with van der Waals surface area (Å²) in [6.07, 6.45) is 2.64. The van der Waals surface area contributed by atoms with Gasteiger partial charge in [0.1, 0.15) is 4.49 Å². The van der Waals surface area contributed by atoms with E-state index < -0.39 is 0 Å². The third-order valence-corrected chi connectivity index (χ3v) is 1.17. The van der Waals surface area contributed by atoms with Crippen LogP contribution in [-0.4, -0.2) is 5.33 Å². The van der Waals surface area contributed by atoms with Crippen LogP contribution < -0.4 is 0 Å². The minimum Gasteiger partial charge on any atom is -0.0925 e. The summed E-state index contributed by atoms with van der Waals surface area (Å²) in [6.45, 7) is 0. The van der Waals surface area contributed by atoms with Gasteiger partial charge in [0.2, 0.25) is 0 Å². The molecule has 0 atom stereocenters. The monoisotopic (exact) mass is 202 g/mol. The molecule has 0 saturated heterocycles. The van der Waals surface area contributed by atoms with Gasteiger partial charge in [0.25, 0.3) is 0 Å². The topological polar surface area (TPSA) is 0 Å². The Morgan fingerprint density at radius 2 is 2.14 bits per heavy atom. The van der Waals surface area contributed by atoms with Crippen molar-refractivity contribution in [3.63, 3.8) is 0 Å². The fourth-order valence-corrected chi connectivity index (χ4v) is 0.611. The SMILES string of the molecule is ClC(Cl)=CCCBr. The Labute approximate surface area is 61.6 Å². The minimum absolute atomic E-state index is 0.347. The van der Waals surface area contributed by atoms with Gasteiger partial charge in [-0.1, -0.05) is 45.2 Å². The summed E-state index contributed by atoms with van der Waals surface area (Å²) in [6, 6.07) is 0. The van der Waals surface area contributed by atoms with Gasteiger partial charge >= 0.3 is 0 Å². The summed E-state index contributed by atoms with van der Waals surface area (Å²) in [5, 5.41) is 0.913. The molecule has 0 aromatic carbocycles. The lowest BCUT2D eigenvalue weighted by atomic mass is 10.5. The van der Waals surface area contributed by atoms with Gasteiger partial charge in [-0.25, -0.2) is 0 Å². The molecule has 42 valence electrons. The van der Waals surface area contributed by atoms with Crippen LogP contribution in [0.4, 0.5) is 0 Å². The van der Waals surface area contributed by atoms with Crippen LogP contribution >= 0.6 is 39.1 Å². The summed E-state index contributed by atoms with van der Waals surface area (Å²) < 4.78 is 0.347. The van der Waals surface area contributed by atoms with Crippen LogP contribution in [0.15, 0.2) is 10.6 Å². The van der Waals surface area contributed by atoms with Gasteiger partial charge in [-0.2, -0.15) is 0 Å². The van der Waals surface area contributed by atoms with Crippen molar-refractivity contribution in [3.8, 4) is 0 Å². The van der Waals surface area contributed by atoms with E-state index in [-0.39, 0.29) is 0 Å². The van der Waals surface area contributed by atoms with E-state index in [2.05, 4.69) is 15.9 Å². The van der Waals surface area contributed by atoms with Crippen molar-refractivity contribution in [2.45, 2.75) is 6.42 Å². The molecule has 0 rings (SSSR count). The Morgan fingerprint density at radius 3 is 2.29 bits per heavy atom. The van der Waals surface area contributed by atoms with Crippen LogP contribution in [0.25, 0.3) is 0 Å². The van der Waals surface area contributed by atoms with E-state index in [1.807, 2.05) is 0 Å². The van der Waals surface area contributed by atoms with E-state index in [9.17, 15) is 0 Å². The number of hydrogen-bond donors (Lipinski definition) is 0. The molecule has 3 heteroatoms. The van der Waals surface area contributed by atoms with Crippen LogP contribution in [0.2, 0.25) is 0 Å². The van der Waals surface area contributed by atoms with Crippen molar-refractivity contribution >= 4 is 39.1 Å². The van der Waals surface area contributed by atoms with Crippen LogP contribution in [0.5, 0.6) is 0 Å². The van der Waals surface area contributed by atoms with Crippen molar-refractivity contribution in [3.05, 3.63) is 10.6 Å². The predicted molar refractivity (Wildman–Crippen MR) is 38.2 cm³/mol. The molecule has 0 N–H and O–H groups in total. The highest BCUT2D eigenvalue weighted by Crippen LogP contribution is 2.07. The zero-order valence-electron chi connectivity index (χ0n) is 3.63. The molecule has 0 aromatic heterocycles. The molecule has 0 aliphatic carbocycles. The second-order valence-electron chi connectivity index (χ2n) is 0.971. The minimum atomic E-state index is 0.347. The summed E-state index contributed by atoms with van der Waals surface area (Å²) in [4.78, 5) is 0. The fourth-order valence-electron chi connectivity index (χ4n) is 0.164. The molecule has 0 aromatic rings. The van der Waals surface area contributed by atoms with Crippen LogP contribution in [-0.2, 0) is 0 Å². The van der Waals surface area contributed by atoms with Gasteiger partial charge in [-0.3, -0.25) is 0 Å². The second kappa shape index (κ2) is 4.95. The third kappa shape index (κ3) is 6.80. The maximum absolute atomic E-state index is 5.26. The number of alkyl halides is 1. The molecule has 0 aliphatic heterocycles. The molecular formula is C4H5BrCl2. The van der Waals surface area contributed by atoms with Crippen molar-refractivity contribution in [2.75, 3.05) is 5.33 Å². The lowest BCUT2D eigenvalue weighted by Gasteiger charge is -1.79. The Kier molecular flexibility index (Phi) is 5.51. The summed E-state index contributed by atoms with van der Waals surface area (Å²) in [7, 11) is 0. The van der Waals surface area contributed by atoms with Gasteiger partial charge in [-0.15, -0.1) is 0 Å². The molecule has 0 bridgehead atoms. The van der Waals surface area contributed by atoms with Crippen molar-refractivity contribution < 1.29 is 0 Å². The summed E-state index contributed by atoms with van der Waals surface area (Å²) in [5.74, 6) is 0. The van der Waals surface area contributed by atoms with Crippen LogP contribution in [0.1, 0.15) is 6.42 Å². The first-order valence-electron chi connectivity index (χ1n) is 1.84. The highest BCUT2D eigenvalue weighted by molar-refractivity contribution is 9.09. The number of rotatable bonds is 2. The largest absolute Gasteiger partial charge is 0.102 e. The summed E-state index contributed by atoms with van der Waals surface area (Å²) in [5.41, 5.74) is 0. The zero-order valence-corrected chi connectivity index (χ0v) is 6.72. The molecule has 0 fully saturated rings.